The first-order valence-corrected chi connectivity index (χ1v) is 10.6. The van der Waals surface area contributed by atoms with Crippen LogP contribution in [0.15, 0.2) is 29.3 Å². The lowest BCUT2D eigenvalue weighted by Gasteiger charge is -2.33. The van der Waals surface area contributed by atoms with Crippen molar-refractivity contribution in [3.05, 3.63) is 46.2 Å². The summed E-state index contributed by atoms with van der Waals surface area (Å²) in [5, 5.41) is 7.36. The second-order valence-electron chi connectivity index (χ2n) is 7.64. The maximum absolute atomic E-state index is 6.33. The van der Waals surface area contributed by atoms with Gasteiger partial charge in [-0.3, -0.25) is 5.32 Å². The highest BCUT2D eigenvalue weighted by Crippen LogP contribution is 2.23. The number of nitrogens with zero attached hydrogens (tertiary/aromatic N) is 4. The summed E-state index contributed by atoms with van der Waals surface area (Å²) in [6, 6.07) is 7.72. The van der Waals surface area contributed by atoms with Crippen LogP contribution in [0.3, 0.4) is 0 Å². The molecule has 1 aromatic heterocycles. The average molecular weight is 431 g/mol. The van der Waals surface area contributed by atoms with Crippen LogP contribution in [0, 0.1) is 26.7 Å². The van der Waals surface area contributed by atoms with Crippen LogP contribution in [-0.2, 0) is 0 Å². The van der Waals surface area contributed by atoms with Crippen molar-refractivity contribution < 1.29 is 0 Å². The van der Waals surface area contributed by atoms with Gasteiger partial charge in [0.1, 0.15) is 0 Å². The van der Waals surface area contributed by atoms with Crippen LogP contribution in [0.2, 0.25) is 5.02 Å². The second kappa shape index (κ2) is 9.50. The Kier molecular flexibility index (Phi) is 7.03. The molecule has 6 nitrogen and oxygen atoms in total. The second-order valence-corrected chi connectivity index (χ2v) is 8.44. The summed E-state index contributed by atoms with van der Waals surface area (Å²) < 4.78 is 0. The fraction of sp³-hybridized carbons (Fsp3) is 0.429. The molecule has 0 aliphatic carbocycles. The van der Waals surface area contributed by atoms with Gasteiger partial charge in [-0.1, -0.05) is 24.6 Å². The van der Waals surface area contributed by atoms with E-state index in [4.69, 9.17) is 23.8 Å². The minimum absolute atomic E-state index is 0.334. The predicted octanol–water partition coefficient (Wildman–Crippen LogP) is 4.95. The van der Waals surface area contributed by atoms with Gasteiger partial charge in [0, 0.05) is 24.5 Å². The van der Waals surface area contributed by atoms with Crippen molar-refractivity contribution in [1.82, 2.24) is 14.9 Å². The zero-order valence-corrected chi connectivity index (χ0v) is 18.9. The summed E-state index contributed by atoms with van der Waals surface area (Å²) in [7, 11) is 0. The van der Waals surface area contributed by atoms with Gasteiger partial charge >= 0.3 is 0 Å². The van der Waals surface area contributed by atoms with E-state index in [1.165, 1.54) is 6.42 Å². The monoisotopic (exact) mass is 430 g/mol. The first kappa shape index (κ1) is 21.5. The molecule has 2 heterocycles. The Bertz CT molecular complexity index is 909. The standard InChI is InChI=1S/C21H27ClN6S/c1-13-7-8-18(17(22)10-13)25-21(29)27-20(28-9-5-6-14(2)12-28)26-19-23-15(3)11-16(4)24-19/h7-8,10-11,14H,5-6,9,12H2,1-4H3,(H2,23,24,25,26,27,29). The van der Waals surface area contributed by atoms with E-state index in [9.17, 15) is 0 Å². The lowest BCUT2D eigenvalue weighted by Crippen LogP contribution is -2.43. The highest BCUT2D eigenvalue weighted by atomic mass is 35.5. The van der Waals surface area contributed by atoms with E-state index < -0.39 is 0 Å². The van der Waals surface area contributed by atoms with Gasteiger partial charge in [-0.05, 0) is 75.5 Å². The van der Waals surface area contributed by atoms with Crippen molar-refractivity contribution >= 4 is 46.5 Å². The Labute approximate surface area is 182 Å². The van der Waals surface area contributed by atoms with Gasteiger partial charge in [0.05, 0.1) is 10.7 Å². The lowest BCUT2D eigenvalue weighted by molar-refractivity contribution is 0.273. The molecule has 1 atom stereocenters. The summed E-state index contributed by atoms with van der Waals surface area (Å²) in [6.45, 7) is 9.96. The number of aromatic nitrogens is 2. The summed E-state index contributed by atoms with van der Waals surface area (Å²) in [5.41, 5.74) is 3.63. The van der Waals surface area contributed by atoms with Crippen molar-refractivity contribution in [1.29, 1.82) is 0 Å². The summed E-state index contributed by atoms with van der Waals surface area (Å²) >= 11 is 11.8. The molecule has 29 heavy (non-hydrogen) atoms. The van der Waals surface area contributed by atoms with Gasteiger partial charge in [-0.15, -0.1) is 0 Å². The molecule has 1 aliphatic heterocycles. The molecule has 1 aromatic carbocycles. The largest absolute Gasteiger partial charge is 0.342 e. The number of nitrogens with one attached hydrogen (secondary N) is 2. The first-order valence-electron chi connectivity index (χ1n) is 9.80. The zero-order chi connectivity index (χ0) is 21.0. The van der Waals surface area contributed by atoms with Gasteiger partial charge in [-0.25, -0.2) is 9.97 Å². The Morgan fingerprint density at radius 2 is 1.90 bits per heavy atom. The lowest BCUT2D eigenvalue weighted by atomic mass is 10.0. The molecule has 1 fully saturated rings. The number of thiocarbonyl (C=S) groups is 1. The van der Waals surface area contributed by atoms with Crippen molar-refractivity contribution in [3.63, 3.8) is 0 Å². The molecule has 2 aromatic rings. The molecular formula is C21H27ClN6S. The third-order valence-corrected chi connectivity index (χ3v) is 5.24. The quantitative estimate of drug-likeness (QED) is 0.399. The molecule has 1 saturated heterocycles. The van der Waals surface area contributed by atoms with Crippen molar-refractivity contribution in [2.24, 2.45) is 10.9 Å². The number of hydrogen-bond donors (Lipinski definition) is 2. The molecule has 3 rings (SSSR count). The van der Waals surface area contributed by atoms with Crippen LogP contribution in [0.25, 0.3) is 0 Å². The molecule has 1 aliphatic rings. The number of aliphatic imine (C=N–C) groups is 1. The van der Waals surface area contributed by atoms with E-state index in [0.717, 1.165) is 42.1 Å². The molecule has 0 radical (unpaired) electrons. The number of anilines is 2. The topological polar surface area (TPSA) is 65.4 Å². The van der Waals surface area contributed by atoms with E-state index in [1.54, 1.807) is 0 Å². The minimum atomic E-state index is 0.334. The smallest absolute Gasteiger partial charge is 0.229 e. The van der Waals surface area contributed by atoms with Crippen LogP contribution in [0.5, 0.6) is 0 Å². The van der Waals surface area contributed by atoms with Gasteiger partial charge < -0.3 is 10.2 Å². The molecule has 1 unspecified atom stereocenters. The van der Waals surface area contributed by atoms with E-state index in [0.29, 0.717) is 28.0 Å². The average Bonchev–Trinajstić information content (AvgIpc) is 2.63. The molecule has 8 heteroatoms. The number of likely N-dealkylation sites (tertiary alicyclic amines) is 1. The van der Waals surface area contributed by atoms with Crippen LogP contribution >= 0.6 is 23.8 Å². The van der Waals surface area contributed by atoms with Gasteiger partial charge in [-0.2, -0.15) is 4.99 Å². The highest BCUT2D eigenvalue weighted by molar-refractivity contribution is 7.80. The van der Waals surface area contributed by atoms with E-state index in [1.807, 2.05) is 45.0 Å². The molecule has 2 N–H and O–H groups in total. The summed E-state index contributed by atoms with van der Waals surface area (Å²) in [4.78, 5) is 15.8. The molecule has 0 amide bonds. The molecule has 0 spiro atoms. The fourth-order valence-corrected chi connectivity index (χ4v) is 3.88. The molecular weight excluding hydrogens is 404 g/mol. The van der Waals surface area contributed by atoms with Gasteiger partial charge in [0.2, 0.25) is 17.0 Å². The van der Waals surface area contributed by atoms with Crippen LogP contribution < -0.4 is 10.6 Å². The van der Waals surface area contributed by atoms with Crippen molar-refractivity contribution in [3.8, 4) is 0 Å². The van der Waals surface area contributed by atoms with E-state index in [-0.39, 0.29) is 0 Å². The van der Waals surface area contributed by atoms with Crippen LogP contribution in [0.1, 0.15) is 36.7 Å². The minimum Gasteiger partial charge on any atom is -0.342 e. The maximum atomic E-state index is 6.33. The fourth-order valence-electron chi connectivity index (χ4n) is 3.40. The zero-order valence-electron chi connectivity index (χ0n) is 17.3. The third kappa shape index (κ3) is 6.11. The maximum Gasteiger partial charge on any atom is 0.229 e. The van der Waals surface area contributed by atoms with Crippen LogP contribution in [0.4, 0.5) is 11.6 Å². The summed E-state index contributed by atoms with van der Waals surface area (Å²) in [6.07, 6.45) is 2.32. The molecule has 0 bridgehead atoms. The highest BCUT2D eigenvalue weighted by Gasteiger charge is 2.21. The van der Waals surface area contributed by atoms with Crippen LogP contribution in [-0.4, -0.2) is 39.0 Å². The predicted molar refractivity (Wildman–Crippen MR) is 125 cm³/mol. The number of piperidine rings is 1. The molecule has 154 valence electrons. The molecule has 0 saturated carbocycles. The number of hydrogen-bond acceptors (Lipinski definition) is 3. The number of benzene rings is 1. The third-order valence-electron chi connectivity index (χ3n) is 4.74. The van der Waals surface area contributed by atoms with E-state index in [2.05, 4.69) is 37.4 Å². The van der Waals surface area contributed by atoms with Crippen molar-refractivity contribution in [2.75, 3.05) is 23.7 Å². The number of aryl methyl sites for hydroxylation is 3. The summed E-state index contributed by atoms with van der Waals surface area (Å²) in [5.74, 6) is 1.77. The SMILES string of the molecule is Cc1ccc(NC(=S)/N=C(/Nc2nc(C)cc(C)n2)N2CCCC(C)C2)c(Cl)c1. The number of halogens is 1. The number of guanidine groups is 1. The normalized spacial score (nSPS) is 17.2. The first-order chi connectivity index (χ1) is 13.8. The van der Waals surface area contributed by atoms with Gasteiger partial charge in [0.15, 0.2) is 0 Å². The van der Waals surface area contributed by atoms with Gasteiger partial charge in [0.25, 0.3) is 0 Å². The van der Waals surface area contributed by atoms with Crippen molar-refractivity contribution in [2.45, 2.75) is 40.5 Å². The Morgan fingerprint density at radius 1 is 1.17 bits per heavy atom. The Balaban J connectivity index is 1.85. The van der Waals surface area contributed by atoms with E-state index >= 15 is 0 Å². The Hall–Kier alpha value is -2.25. The number of rotatable bonds is 2. The Morgan fingerprint density at radius 3 is 2.55 bits per heavy atom.